The van der Waals surface area contributed by atoms with Crippen LogP contribution < -0.4 is 10.6 Å². The lowest BCUT2D eigenvalue weighted by atomic mass is 9.94. The van der Waals surface area contributed by atoms with Crippen molar-refractivity contribution in [2.45, 2.75) is 44.0 Å². The zero-order valence-electron chi connectivity index (χ0n) is 16.0. The van der Waals surface area contributed by atoms with Gasteiger partial charge in [0.25, 0.3) is 5.91 Å². The van der Waals surface area contributed by atoms with E-state index in [4.69, 9.17) is 0 Å². The minimum atomic E-state index is -3.58. The highest BCUT2D eigenvalue weighted by Gasteiger charge is 2.32. The molecule has 0 aromatic heterocycles. The monoisotopic (exact) mass is 415 g/mol. The average molecular weight is 416 g/mol. The molecule has 1 aromatic carbocycles. The van der Waals surface area contributed by atoms with Gasteiger partial charge in [-0.2, -0.15) is 4.31 Å². The first-order chi connectivity index (χ1) is 12.4. The molecule has 0 saturated carbocycles. The molecule has 3 rings (SSSR count). The molecule has 2 aliphatic rings. The van der Waals surface area contributed by atoms with Gasteiger partial charge in [-0.25, -0.2) is 8.42 Å². The molecule has 8 heteroatoms. The second kappa shape index (κ2) is 9.37. The Morgan fingerprint density at radius 3 is 2.56 bits per heavy atom. The Hall–Kier alpha value is -1.15. The molecule has 2 N–H and O–H groups in total. The number of amides is 1. The number of carbonyl (C=O) groups excluding carboxylic acids is 1. The van der Waals surface area contributed by atoms with Crippen LogP contribution in [0.5, 0.6) is 0 Å². The molecule has 0 bridgehead atoms. The summed E-state index contributed by atoms with van der Waals surface area (Å²) in [5.41, 5.74) is 0.398. The van der Waals surface area contributed by atoms with E-state index in [1.165, 1.54) is 6.07 Å². The van der Waals surface area contributed by atoms with Gasteiger partial charge in [-0.3, -0.25) is 4.79 Å². The van der Waals surface area contributed by atoms with Gasteiger partial charge in [-0.1, -0.05) is 19.9 Å². The summed E-state index contributed by atoms with van der Waals surface area (Å²) in [6.07, 6.45) is 3.02. The Morgan fingerprint density at radius 2 is 1.93 bits per heavy atom. The van der Waals surface area contributed by atoms with Gasteiger partial charge in [0.2, 0.25) is 10.0 Å². The Labute approximate surface area is 168 Å². The topological polar surface area (TPSA) is 78.5 Å². The maximum Gasteiger partial charge on any atom is 0.251 e. The smallest absolute Gasteiger partial charge is 0.251 e. The van der Waals surface area contributed by atoms with Crippen LogP contribution in [0.25, 0.3) is 0 Å². The molecular weight excluding hydrogens is 386 g/mol. The molecule has 6 nitrogen and oxygen atoms in total. The summed E-state index contributed by atoms with van der Waals surface area (Å²) in [6.45, 7) is 6.98. The van der Waals surface area contributed by atoms with E-state index in [1.54, 1.807) is 22.5 Å². The van der Waals surface area contributed by atoms with Crippen LogP contribution in [-0.4, -0.2) is 50.9 Å². The first-order valence-corrected chi connectivity index (χ1v) is 10.9. The lowest BCUT2D eigenvalue weighted by Gasteiger charge is -2.34. The second-order valence-corrected chi connectivity index (χ2v) is 9.75. The van der Waals surface area contributed by atoms with Crippen molar-refractivity contribution in [3.8, 4) is 0 Å². The van der Waals surface area contributed by atoms with Gasteiger partial charge in [0.15, 0.2) is 0 Å². The number of hydrogen-bond acceptors (Lipinski definition) is 4. The number of hydrogen-bond donors (Lipinski definition) is 2. The van der Waals surface area contributed by atoms with Gasteiger partial charge in [0.1, 0.15) is 0 Å². The summed E-state index contributed by atoms with van der Waals surface area (Å²) in [5.74, 6) is 0.480. The number of nitrogens with one attached hydrogen (secondary N) is 2. The zero-order valence-corrected chi connectivity index (χ0v) is 17.6. The van der Waals surface area contributed by atoms with Crippen LogP contribution in [0.3, 0.4) is 0 Å². The van der Waals surface area contributed by atoms with Crippen LogP contribution in [-0.2, 0) is 10.0 Å². The highest BCUT2D eigenvalue weighted by molar-refractivity contribution is 7.89. The molecular formula is C19H30ClN3O3S. The minimum absolute atomic E-state index is 0. The second-order valence-electron chi connectivity index (χ2n) is 7.81. The molecule has 2 saturated heterocycles. The highest BCUT2D eigenvalue weighted by atomic mass is 35.5. The van der Waals surface area contributed by atoms with Crippen LogP contribution in [0.2, 0.25) is 0 Å². The average Bonchev–Trinajstić information content (AvgIpc) is 2.62. The maximum atomic E-state index is 13.0. The Morgan fingerprint density at radius 1 is 1.22 bits per heavy atom. The fraction of sp³-hybridized carbons (Fsp3) is 0.632. The molecule has 2 fully saturated rings. The van der Waals surface area contributed by atoms with Crippen LogP contribution in [0.1, 0.15) is 43.5 Å². The van der Waals surface area contributed by atoms with Crippen molar-refractivity contribution >= 4 is 28.3 Å². The number of benzene rings is 1. The van der Waals surface area contributed by atoms with Gasteiger partial charge in [-0.15, -0.1) is 12.4 Å². The predicted octanol–water partition coefficient (Wildman–Crippen LogP) is 2.26. The van der Waals surface area contributed by atoms with Crippen LogP contribution >= 0.6 is 12.4 Å². The molecule has 3 atom stereocenters. The first kappa shape index (κ1) is 22.1. The van der Waals surface area contributed by atoms with Crippen LogP contribution in [0.4, 0.5) is 0 Å². The van der Waals surface area contributed by atoms with E-state index in [2.05, 4.69) is 24.5 Å². The summed E-state index contributed by atoms with van der Waals surface area (Å²) in [7, 11) is -3.58. The van der Waals surface area contributed by atoms with Gasteiger partial charge in [-0.05, 0) is 55.8 Å². The fourth-order valence-corrected chi connectivity index (χ4v) is 5.72. The minimum Gasteiger partial charge on any atom is -0.348 e. The number of piperidine rings is 2. The number of rotatable bonds is 4. The lowest BCUT2D eigenvalue weighted by Crippen LogP contribution is -2.45. The molecule has 1 aromatic rings. The molecule has 2 heterocycles. The summed E-state index contributed by atoms with van der Waals surface area (Å²) < 4.78 is 27.6. The number of carbonyl (C=O) groups is 1. The van der Waals surface area contributed by atoms with Gasteiger partial charge < -0.3 is 10.6 Å². The van der Waals surface area contributed by atoms with E-state index in [-0.39, 0.29) is 29.3 Å². The molecule has 152 valence electrons. The number of sulfonamides is 1. The number of nitrogens with zero attached hydrogens (tertiary/aromatic N) is 1. The third-order valence-electron chi connectivity index (χ3n) is 5.20. The summed E-state index contributed by atoms with van der Waals surface area (Å²) in [4.78, 5) is 12.7. The van der Waals surface area contributed by atoms with Crippen LogP contribution in [0, 0.1) is 11.8 Å². The van der Waals surface area contributed by atoms with E-state index < -0.39 is 10.0 Å². The summed E-state index contributed by atoms with van der Waals surface area (Å²) in [6, 6.07) is 6.51. The maximum absolute atomic E-state index is 13.0. The Bertz CT molecular complexity index is 740. The molecule has 0 spiro atoms. The highest BCUT2D eigenvalue weighted by Crippen LogP contribution is 2.27. The SMILES string of the molecule is CC1CC(C)CN(S(=O)(=O)c2cccc(C(=O)N[C@H]3CCCNC3)c2)C1.Cl. The predicted molar refractivity (Wildman–Crippen MR) is 109 cm³/mol. The van der Waals surface area contributed by atoms with Crippen molar-refractivity contribution in [1.82, 2.24) is 14.9 Å². The molecule has 0 radical (unpaired) electrons. The Balaban J connectivity index is 0.00000261. The largest absolute Gasteiger partial charge is 0.348 e. The van der Waals surface area contributed by atoms with Gasteiger partial charge in [0.05, 0.1) is 4.90 Å². The van der Waals surface area contributed by atoms with E-state index in [0.717, 1.165) is 32.4 Å². The van der Waals surface area contributed by atoms with Crippen molar-refractivity contribution in [2.24, 2.45) is 11.8 Å². The molecule has 27 heavy (non-hydrogen) atoms. The Kier molecular flexibility index (Phi) is 7.68. The molecule has 2 unspecified atom stereocenters. The quantitative estimate of drug-likeness (QED) is 0.790. The van der Waals surface area contributed by atoms with Crippen molar-refractivity contribution < 1.29 is 13.2 Å². The van der Waals surface area contributed by atoms with E-state index in [0.29, 0.717) is 30.5 Å². The van der Waals surface area contributed by atoms with E-state index >= 15 is 0 Å². The summed E-state index contributed by atoms with van der Waals surface area (Å²) in [5, 5.41) is 6.26. The third kappa shape index (κ3) is 5.44. The molecule has 0 aliphatic carbocycles. The van der Waals surface area contributed by atoms with Crippen molar-refractivity contribution in [3.63, 3.8) is 0 Å². The first-order valence-electron chi connectivity index (χ1n) is 9.48. The van der Waals surface area contributed by atoms with Crippen LogP contribution in [0.15, 0.2) is 29.2 Å². The zero-order chi connectivity index (χ0) is 18.7. The molecule has 2 aliphatic heterocycles. The third-order valence-corrected chi connectivity index (χ3v) is 7.03. The lowest BCUT2D eigenvalue weighted by molar-refractivity contribution is 0.0930. The van der Waals surface area contributed by atoms with E-state index in [1.807, 2.05) is 0 Å². The van der Waals surface area contributed by atoms with Crippen molar-refractivity contribution in [3.05, 3.63) is 29.8 Å². The fourth-order valence-electron chi connectivity index (χ4n) is 3.99. The van der Waals surface area contributed by atoms with Gasteiger partial charge in [0, 0.05) is 31.2 Å². The normalized spacial score (nSPS) is 26.8. The van der Waals surface area contributed by atoms with Crippen molar-refractivity contribution in [2.75, 3.05) is 26.2 Å². The van der Waals surface area contributed by atoms with Gasteiger partial charge >= 0.3 is 0 Å². The molecule has 1 amide bonds. The van der Waals surface area contributed by atoms with E-state index in [9.17, 15) is 13.2 Å². The van der Waals surface area contributed by atoms with Crippen molar-refractivity contribution in [1.29, 1.82) is 0 Å². The number of halogens is 1. The standard InChI is InChI=1S/C19H29N3O3S.ClH/c1-14-9-15(2)13-22(12-14)26(24,25)18-7-3-5-16(10-18)19(23)21-17-6-4-8-20-11-17;/h3,5,7,10,14-15,17,20H,4,6,8-9,11-13H2,1-2H3,(H,21,23);1H/t14?,15?,17-;/m0./s1. The summed E-state index contributed by atoms with van der Waals surface area (Å²) >= 11 is 0.